The van der Waals surface area contributed by atoms with Gasteiger partial charge in [-0.25, -0.2) is 0 Å². The summed E-state index contributed by atoms with van der Waals surface area (Å²) in [5, 5.41) is 11.6. The Kier molecular flexibility index (Phi) is 4.16. The Bertz CT molecular complexity index is 202. The number of nitrogens with zero attached hydrogens (tertiary/aromatic N) is 2. The number of nitrogens with two attached hydrogens (primary N) is 1. The minimum absolute atomic E-state index is 0.0249. The molecule has 0 aromatic heterocycles. The van der Waals surface area contributed by atoms with Crippen molar-refractivity contribution in [1.29, 1.82) is 0 Å². The van der Waals surface area contributed by atoms with Crippen LogP contribution in [-0.2, 0) is 4.74 Å². The maximum absolute atomic E-state index is 8.56. The maximum Gasteiger partial charge on any atom is 0.156 e. The average Bonchev–Trinajstić information content (AvgIpc) is 2.27. The van der Waals surface area contributed by atoms with Crippen molar-refractivity contribution in [2.75, 3.05) is 20.3 Å². The Balaban J connectivity index is 2.49. The molecule has 5 heteroatoms. The Morgan fingerprint density at radius 3 is 2.64 bits per heavy atom. The van der Waals surface area contributed by atoms with Crippen LogP contribution in [0.15, 0.2) is 5.16 Å². The summed E-state index contributed by atoms with van der Waals surface area (Å²) in [6, 6.07) is 0.446. The summed E-state index contributed by atoms with van der Waals surface area (Å²) in [5.74, 6) is 0.263. The lowest BCUT2D eigenvalue weighted by Gasteiger charge is -2.34. The van der Waals surface area contributed by atoms with E-state index in [9.17, 15) is 0 Å². The van der Waals surface area contributed by atoms with Gasteiger partial charge in [0, 0.05) is 19.3 Å². The molecule has 0 saturated carbocycles. The summed E-state index contributed by atoms with van der Waals surface area (Å²) in [5.41, 5.74) is 5.55. The molecule has 82 valence electrons. The highest BCUT2D eigenvalue weighted by Gasteiger charge is 2.24. The van der Waals surface area contributed by atoms with E-state index in [2.05, 4.69) is 10.1 Å². The van der Waals surface area contributed by atoms with Gasteiger partial charge in [-0.1, -0.05) is 5.16 Å². The highest BCUT2D eigenvalue weighted by molar-refractivity contribution is 5.84. The first kappa shape index (κ1) is 11.3. The van der Waals surface area contributed by atoms with Gasteiger partial charge in [-0.05, 0) is 26.8 Å². The largest absolute Gasteiger partial charge is 0.409 e. The molecule has 1 saturated heterocycles. The Labute approximate surface area is 84.5 Å². The zero-order chi connectivity index (χ0) is 10.6. The van der Waals surface area contributed by atoms with Crippen LogP contribution in [0.3, 0.4) is 0 Å². The van der Waals surface area contributed by atoms with E-state index < -0.39 is 0 Å². The molecule has 0 amide bonds. The molecule has 1 aliphatic heterocycles. The number of likely N-dealkylation sites (N-methyl/N-ethyl adjacent to an activating group) is 1. The molecule has 1 aliphatic rings. The molecule has 14 heavy (non-hydrogen) atoms. The minimum Gasteiger partial charge on any atom is -0.409 e. The van der Waals surface area contributed by atoms with Crippen molar-refractivity contribution in [2.45, 2.75) is 31.8 Å². The van der Waals surface area contributed by atoms with Crippen molar-refractivity contribution in [3.8, 4) is 0 Å². The zero-order valence-electron chi connectivity index (χ0n) is 8.81. The SMILES string of the molecule is CC(C(N)=NO)N(C)C1CCOCC1. The van der Waals surface area contributed by atoms with Gasteiger partial charge in [-0.15, -0.1) is 0 Å². The topological polar surface area (TPSA) is 71.1 Å². The lowest BCUT2D eigenvalue weighted by molar-refractivity contribution is 0.0387. The number of hydrogen-bond donors (Lipinski definition) is 2. The van der Waals surface area contributed by atoms with Crippen LogP contribution in [0.4, 0.5) is 0 Å². The van der Waals surface area contributed by atoms with Crippen LogP contribution >= 0.6 is 0 Å². The van der Waals surface area contributed by atoms with Crippen molar-refractivity contribution in [3.63, 3.8) is 0 Å². The lowest BCUT2D eigenvalue weighted by atomic mass is 10.1. The van der Waals surface area contributed by atoms with Crippen LogP contribution < -0.4 is 5.73 Å². The van der Waals surface area contributed by atoms with Gasteiger partial charge >= 0.3 is 0 Å². The standard InChI is InChI=1S/C9H19N3O2/c1-7(9(10)11-13)12(2)8-3-5-14-6-4-8/h7-8,13H,3-6H2,1-2H3,(H2,10,11). The number of hydrogen-bond acceptors (Lipinski definition) is 4. The van der Waals surface area contributed by atoms with Crippen molar-refractivity contribution < 1.29 is 9.94 Å². The first-order valence-corrected chi connectivity index (χ1v) is 4.94. The summed E-state index contributed by atoms with van der Waals surface area (Å²) in [7, 11) is 2.00. The molecule has 0 spiro atoms. The molecule has 0 bridgehead atoms. The van der Waals surface area contributed by atoms with Gasteiger partial charge < -0.3 is 15.7 Å². The third-order valence-corrected chi connectivity index (χ3v) is 2.92. The predicted octanol–water partition coefficient (Wildman–Crippen LogP) is 0.232. The van der Waals surface area contributed by atoms with Crippen LogP contribution in [0.2, 0.25) is 0 Å². The second-order valence-corrected chi connectivity index (χ2v) is 3.71. The van der Waals surface area contributed by atoms with E-state index >= 15 is 0 Å². The zero-order valence-corrected chi connectivity index (χ0v) is 8.81. The van der Waals surface area contributed by atoms with Gasteiger partial charge in [0.15, 0.2) is 5.84 Å². The van der Waals surface area contributed by atoms with E-state index in [1.165, 1.54) is 0 Å². The van der Waals surface area contributed by atoms with Crippen molar-refractivity contribution in [3.05, 3.63) is 0 Å². The summed E-state index contributed by atoms with van der Waals surface area (Å²) in [4.78, 5) is 2.14. The van der Waals surface area contributed by atoms with Gasteiger partial charge in [0.25, 0.3) is 0 Å². The van der Waals surface area contributed by atoms with Crippen LogP contribution in [0.5, 0.6) is 0 Å². The Hall–Kier alpha value is -0.810. The maximum atomic E-state index is 8.56. The number of amidine groups is 1. The fourth-order valence-corrected chi connectivity index (χ4v) is 1.70. The van der Waals surface area contributed by atoms with Crippen molar-refractivity contribution in [1.82, 2.24) is 4.90 Å². The van der Waals surface area contributed by atoms with E-state index in [0.29, 0.717) is 6.04 Å². The fourth-order valence-electron chi connectivity index (χ4n) is 1.70. The second-order valence-electron chi connectivity index (χ2n) is 3.71. The van der Waals surface area contributed by atoms with Crippen LogP contribution in [0.25, 0.3) is 0 Å². The molecule has 0 aromatic carbocycles. The minimum atomic E-state index is -0.0249. The van der Waals surface area contributed by atoms with Gasteiger partial charge in [-0.3, -0.25) is 4.90 Å². The smallest absolute Gasteiger partial charge is 0.156 e. The van der Waals surface area contributed by atoms with Gasteiger partial charge in [0.2, 0.25) is 0 Å². The average molecular weight is 201 g/mol. The highest BCUT2D eigenvalue weighted by atomic mass is 16.5. The van der Waals surface area contributed by atoms with E-state index in [-0.39, 0.29) is 11.9 Å². The molecule has 1 unspecified atom stereocenters. The molecule has 0 aromatic rings. The fraction of sp³-hybridized carbons (Fsp3) is 0.889. The molecule has 1 fully saturated rings. The molecule has 0 aliphatic carbocycles. The lowest BCUT2D eigenvalue weighted by Crippen LogP contribution is -2.47. The predicted molar refractivity (Wildman–Crippen MR) is 54.5 cm³/mol. The van der Waals surface area contributed by atoms with Gasteiger partial charge in [-0.2, -0.15) is 0 Å². The molecule has 0 radical (unpaired) electrons. The normalized spacial score (nSPS) is 22.6. The molecule has 5 nitrogen and oxygen atoms in total. The highest BCUT2D eigenvalue weighted by Crippen LogP contribution is 2.15. The van der Waals surface area contributed by atoms with Crippen LogP contribution in [0.1, 0.15) is 19.8 Å². The summed E-state index contributed by atoms with van der Waals surface area (Å²) >= 11 is 0. The molecule has 1 heterocycles. The Morgan fingerprint density at radius 2 is 2.14 bits per heavy atom. The quantitative estimate of drug-likeness (QED) is 0.297. The monoisotopic (exact) mass is 201 g/mol. The number of oxime groups is 1. The second kappa shape index (κ2) is 5.17. The van der Waals surface area contributed by atoms with Gasteiger partial charge in [0.1, 0.15) is 0 Å². The number of rotatable bonds is 3. The third-order valence-electron chi connectivity index (χ3n) is 2.92. The summed E-state index contributed by atoms with van der Waals surface area (Å²) in [6.45, 7) is 3.54. The van der Waals surface area contributed by atoms with E-state index in [0.717, 1.165) is 26.1 Å². The first-order valence-electron chi connectivity index (χ1n) is 4.94. The molecular weight excluding hydrogens is 182 g/mol. The van der Waals surface area contributed by atoms with E-state index in [4.69, 9.17) is 15.7 Å². The van der Waals surface area contributed by atoms with E-state index in [1.807, 2.05) is 14.0 Å². The first-order chi connectivity index (χ1) is 6.66. The molecular formula is C9H19N3O2. The summed E-state index contributed by atoms with van der Waals surface area (Å²) < 4.78 is 5.28. The van der Waals surface area contributed by atoms with Crippen molar-refractivity contribution in [2.24, 2.45) is 10.9 Å². The third kappa shape index (κ3) is 2.59. The summed E-state index contributed by atoms with van der Waals surface area (Å²) in [6.07, 6.45) is 2.03. The van der Waals surface area contributed by atoms with Crippen LogP contribution in [-0.4, -0.2) is 48.3 Å². The van der Waals surface area contributed by atoms with E-state index in [1.54, 1.807) is 0 Å². The van der Waals surface area contributed by atoms with Gasteiger partial charge in [0.05, 0.1) is 6.04 Å². The number of ether oxygens (including phenoxy) is 1. The molecule has 1 rings (SSSR count). The van der Waals surface area contributed by atoms with Crippen molar-refractivity contribution >= 4 is 5.84 Å². The van der Waals surface area contributed by atoms with Crippen LogP contribution in [0, 0.1) is 0 Å². The molecule has 3 N–H and O–H groups in total. The Morgan fingerprint density at radius 1 is 1.57 bits per heavy atom. The molecule has 1 atom stereocenters.